The summed E-state index contributed by atoms with van der Waals surface area (Å²) in [7, 11) is 0. The van der Waals surface area contributed by atoms with E-state index in [2.05, 4.69) is 0 Å². The summed E-state index contributed by atoms with van der Waals surface area (Å²) in [4.78, 5) is 36.3. The van der Waals surface area contributed by atoms with Crippen LogP contribution in [0.15, 0.2) is 24.3 Å². The molecule has 6 nitrogen and oxygen atoms in total. The van der Waals surface area contributed by atoms with E-state index in [0.29, 0.717) is 16.1 Å². The predicted molar refractivity (Wildman–Crippen MR) is 90.6 cm³/mol. The molecule has 0 atom stereocenters. The molecule has 0 aliphatic carbocycles. The Bertz CT molecular complexity index is 900. The summed E-state index contributed by atoms with van der Waals surface area (Å²) in [5, 5.41) is 19.6. The van der Waals surface area contributed by atoms with Crippen molar-refractivity contribution in [2.45, 2.75) is 25.3 Å². The average molecular weight is 382 g/mol. The smallest absolute Gasteiger partial charge is 0.327 e. The maximum absolute atomic E-state index is 12.9. The number of rotatable bonds is 4. The lowest BCUT2D eigenvalue weighted by atomic mass is 9.83. The number of hydrogen-bond acceptors (Lipinski definition) is 3. The van der Waals surface area contributed by atoms with Gasteiger partial charge in [0.05, 0.1) is 16.4 Å². The summed E-state index contributed by atoms with van der Waals surface area (Å²) in [6, 6.07) is 6.24. The molecular formula is C17H13Cl2NO5. The van der Waals surface area contributed by atoms with Crippen LogP contribution in [0.25, 0.3) is 0 Å². The lowest BCUT2D eigenvalue weighted by Gasteiger charge is -2.18. The molecule has 0 fully saturated rings. The molecule has 25 heavy (non-hydrogen) atoms. The van der Waals surface area contributed by atoms with Crippen LogP contribution in [-0.4, -0.2) is 32.5 Å². The summed E-state index contributed by atoms with van der Waals surface area (Å²) in [5.41, 5.74) is -1.29. The molecule has 0 saturated carbocycles. The first-order valence-electron chi connectivity index (χ1n) is 7.38. The Kier molecular flexibility index (Phi) is 4.13. The van der Waals surface area contributed by atoms with Crippen molar-refractivity contribution < 1.29 is 24.6 Å². The Labute approximate surface area is 152 Å². The second kappa shape index (κ2) is 5.89. The minimum atomic E-state index is -2.15. The Balaban J connectivity index is 2.22. The van der Waals surface area contributed by atoms with Gasteiger partial charge in [-0.25, -0.2) is 0 Å². The predicted octanol–water partition coefficient (Wildman–Crippen LogP) is 3.15. The monoisotopic (exact) mass is 381 g/mol. The first-order chi connectivity index (χ1) is 11.7. The van der Waals surface area contributed by atoms with Crippen molar-refractivity contribution in [2.24, 2.45) is 0 Å². The van der Waals surface area contributed by atoms with Gasteiger partial charge in [0, 0.05) is 17.1 Å². The van der Waals surface area contributed by atoms with E-state index in [0.717, 1.165) is 0 Å². The lowest BCUT2D eigenvalue weighted by Crippen LogP contribution is -2.42. The molecule has 130 valence electrons. The number of fused-ring (bicyclic) bond motifs is 1. The number of nitrogens with zero attached hydrogens (tertiary/aromatic N) is 1. The fourth-order valence-corrected chi connectivity index (χ4v) is 3.77. The van der Waals surface area contributed by atoms with Crippen molar-refractivity contribution in [1.29, 1.82) is 0 Å². The molecule has 8 heteroatoms. The third-order valence-electron chi connectivity index (χ3n) is 4.60. The van der Waals surface area contributed by atoms with Crippen molar-refractivity contribution >= 4 is 40.9 Å². The number of aromatic nitrogens is 1. The normalized spacial score (nSPS) is 15.0. The number of carboxylic acids is 2. The van der Waals surface area contributed by atoms with Gasteiger partial charge in [-0.15, -0.1) is 0 Å². The summed E-state index contributed by atoms with van der Waals surface area (Å²) < 4.78 is 1.41. The number of carbonyl (C=O) groups is 3. The summed E-state index contributed by atoms with van der Waals surface area (Å²) in [6.45, 7) is 1.65. The SMILES string of the molecule is Cc1c(Cl)c2n(c1C(=O)c1ccc(Cl)cc1)CCC2(C(=O)O)C(=O)O. The molecule has 1 aliphatic rings. The van der Waals surface area contributed by atoms with Crippen LogP contribution in [0.5, 0.6) is 0 Å². The van der Waals surface area contributed by atoms with Gasteiger partial charge in [-0.1, -0.05) is 23.2 Å². The number of benzene rings is 1. The molecule has 0 bridgehead atoms. The molecule has 1 aromatic carbocycles. The zero-order chi connectivity index (χ0) is 18.5. The van der Waals surface area contributed by atoms with Gasteiger partial charge < -0.3 is 14.8 Å². The largest absolute Gasteiger partial charge is 0.480 e. The summed E-state index contributed by atoms with van der Waals surface area (Å²) >= 11 is 12.1. The van der Waals surface area contributed by atoms with Crippen molar-refractivity contribution in [2.75, 3.05) is 0 Å². The minimum Gasteiger partial charge on any atom is -0.480 e. The maximum Gasteiger partial charge on any atom is 0.327 e. The Morgan fingerprint density at radius 3 is 2.16 bits per heavy atom. The molecule has 2 aromatic rings. The van der Waals surface area contributed by atoms with Crippen LogP contribution in [0.2, 0.25) is 10.0 Å². The molecule has 0 saturated heterocycles. The van der Waals surface area contributed by atoms with E-state index in [4.69, 9.17) is 23.2 Å². The number of hydrogen-bond donors (Lipinski definition) is 2. The molecule has 3 rings (SSSR count). The van der Waals surface area contributed by atoms with Crippen LogP contribution in [-0.2, 0) is 21.5 Å². The van der Waals surface area contributed by atoms with Gasteiger partial charge in [-0.3, -0.25) is 14.4 Å². The third-order valence-corrected chi connectivity index (χ3v) is 5.31. The summed E-state index contributed by atoms with van der Waals surface area (Å²) in [5.74, 6) is -3.36. The highest BCUT2D eigenvalue weighted by molar-refractivity contribution is 6.34. The first kappa shape index (κ1) is 17.5. The molecular weight excluding hydrogens is 369 g/mol. The topological polar surface area (TPSA) is 96.6 Å². The number of ketones is 1. The number of aliphatic carboxylic acids is 2. The highest BCUT2D eigenvalue weighted by atomic mass is 35.5. The fourth-order valence-electron chi connectivity index (χ4n) is 3.29. The second-order valence-electron chi connectivity index (χ2n) is 5.89. The average Bonchev–Trinajstić information content (AvgIpc) is 3.06. The van der Waals surface area contributed by atoms with E-state index in [9.17, 15) is 24.6 Å². The van der Waals surface area contributed by atoms with E-state index in [1.807, 2.05) is 0 Å². The van der Waals surface area contributed by atoms with Crippen LogP contribution in [0, 0.1) is 6.92 Å². The second-order valence-corrected chi connectivity index (χ2v) is 6.70. The third kappa shape index (κ3) is 2.36. The minimum absolute atomic E-state index is 0.000358. The zero-order valence-corrected chi connectivity index (χ0v) is 14.6. The molecule has 0 radical (unpaired) electrons. The van der Waals surface area contributed by atoms with E-state index in [1.165, 1.54) is 4.57 Å². The van der Waals surface area contributed by atoms with Crippen LogP contribution in [0.4, 0.5) is 0 Å². The highest BCUT2D eigenvalue weighted by Gasteiger charge is 2.56. The molecule has 1 aromatic heterocycles. The van der Waals surface area contributed by atoms with Gasteiger partial charge in [0.25, 0.3) is 0 Å². The number of halogens is 2. The van der Waals surface area contributed by atoms with Gasteiger partial charge in [0.1, 0.15) is 0 Å². The van der Waals surface area contributed by atoms with E-state index < -0.39 is 17.4 Å². The number of carbonyl (C=O) groups excluding carboxylic acids is 1. The quantitative estimate of drug-likeness (QED) is 0.626. The van der Waals surface area contributed by atoms with Crippen molar-refractivity contribution in [3.8, 4) is 0 Å². The Hall–Kier alpha value is -2.31. The van der Waals surface area contributed by atoms with Crippen molar-refractivity contribution in [1.82, 2.24) is 4.57 Å². The van der Waals surface area contributed by atoms with Gasteiger partial charge in [0.15, 0.2) is 0 Å². The fraction of sp³-hybridized carbons (Fsp3) is 0.235. The summed E-state index contributed by atoms with van der Waals surface area (Å²) in [6.07, 6.45) is -0.173. The lowest BCUT2D eigenvalue weighted by molar-refractivity contribution is -0.157. The first-order valence-corrected chi connectivity index (χ1v) is 8.13. The van der Waals surface area contributed by atoms with E-state index in [-0.39, 0.29) is 35.2 Å². The molecule has 0 unspecified atom stereocenters. The van der Waals surface area contributed by atoms with Crippen molar-refractivity contribution in [3.05, 3.63) is 56.8 Å². The Morgan fingerprint density at radius 2 is 1.64 bits per heavy atom. The molecule has 1 aliphatic heterocycles. The molecule has 2 N–H and O–H groups in total. The number of carboxylic acid groups (broad SMARTS) is 2. The standard InChI is InChI=1S/C17H13Cl2NO5/c1-8-11(19)14-17(15(22)23,16(24)25)6-7-20(14)12(8)13(21)9-2-4-10(18)5-3-9/h2-5H,6-7H2,1H3,(H,22,23)(H,24,25). The highest BCUT2D eigenvalue weighted by Crippen LogP contribution is 2.44. The van der Waals surface area contributed by atoms with Crippen LogP contribution in [0.1, 0.15) is 33.7 Å². The van der Waals surface area contributed by atoms with Gasteiger partial charge in [-0.05, 0) is 43.2 Å². The van der Waals surface area contributed by atoms with Crippen molar-refractivity contribution in [3.63, 3.8) is 0 Å². The van der Waals surface area contributed by atoms with Gasteiger partial charge in [0.2, 0.25) is 11.2 Å². The van der Waals surface area contributed by atoms with E-state index in [1.54, 1.807) is 31.2 Å². The molecule has 0 spiro atoms. The van der Waals surface area contributed by atoms with Crippen LogP contribution < -0.4 is 0 Å². The van der Waals surface area contributed by atoms with E-state index >= 15 is 0 Å². The van der Waals surface area contributed by atoms with Crippen LogP contribution in [0.3, 0.4) is 0 Å². The van der Waals surface area contributed by atoms with Gasteiger partial charge in [-0.2, -0.15) is 0 Å². The Morgan fingerprint density at radius 1 is 1.08 bits per heavy atom. The van der Waals surface area contributed by atoms with Gasteiger partial charge >= 0.3 is 11.9 Å². The molecule has 2 heterocycles. The zero-order valence-electron chi connectivity index (χ0n) is 13.0. The van der Waals surface area contributed by atoms with Crippen LogP contribution >= 0.6 is 23.2 Å². The molecule has 0 amide bonds. The maximum atomic E-state index is 12.9.